The van der Waals surface area contributed by atoms with Crippen LogP contribution in [-0.4, -0.2) is 69.8 Å². The molecule has 39 heavy (non-hydrogen) atoms. The van der Waals surface area contributed by atoms with Gasteiger partial charge in [0.2, 0.25) is 0 Å². The summed E-state index contributed by atoms with van der Waals surface area (Å²) in [6.45, 7) is 6.81. The second kappa shape index (κ2) is 11.3. The second-order valence-corrected chi connectivity index (χ2v) is 12.3. The van der Waals surface area contributed by atoms with Crippen LogP contribution in [0.3, 0.4) is 0 Å². The van der Waals surface area contributed by atoms with Crippen LogP contribution in [0.25, 0.3) is 0 Å². The largest absolute Gasteiger partial charge is 0.312 e. The molecule has 4 unspecified atom stereocenters. The Morgan fingerprint density at radius 3 is 1.54 bits per heavy atom. The molecule has 2 saturated heterocycles. The molecule has 8 nitrogen and oxygen atoms in total. The Balaban J connectivity index is 0.892. The minimum Gasteiger partial charge on any atom is -0.312 e. The van der Waals surface area contributed by atoms with Gasteiger partial charge in [-0.3, -0.25) is 19.2 Å². The van der Waals surface area contributed by atoms with E-state index >= 15 is 0 Å². The summed E-state index contributed by atoms with van der Waals surface area (Å²) in [5.41, 5.74) is 2.48. The van der Waals surface area contributed by atoms with Gasteiger partial charge in [-0.05, 0) is 43.2 Å². The predicted molar refractivity (Wildman–Crippen MR) is 149 cm³/mol. The molecule has 0 radical (unpaired) electrons. The highest BCUT2D eigenvalue weighted by Gasteiger charge is 2.35. The number of hydrogen-bond donors (Lipinski definition) is 0. The highest BCUT2D eigenvalue weighted by Crippen LogP contribution is 2.36. The molecular formula is C31H40N4O4. The van der Waals surface area contributed by atoms with Gasteiger partial charge in [-0.2, -0.15) is 0 Å². The van der Waals surface area contributed by atoms with Gasteiger partial charge in [0.25, 0.3) is 11.1 Å². The van der Waals surface area contributed by atoms with Crippen molar-refractivity contribution >= 4 is 11.6 Å². The molecule has 0 saturated carbocycles. The van der Waals surface area contributed by atoms with Gasteiger partial charge in [0.05, 0.1) is 0 Å². The zero-order chi connectivity index (χ0) is 26.9. The van der Waals surface area contributed by atoms with Crippen LogP contribution >= 0.6 is 0 Å². The summed E-state index contributed by atoms with van der Waals surface area (Å²) in [6, 6.07) is 11.2. The normalized spacial score (nSPS) is 26.1. The van der Waals surface area contributed by atoms with Crippen molar-refractivity contribution in [3.63, 3.8) is 0 Å². The lowest BCUT2D eigenvalue weighted by molar-refractivity contribution is -0.120. The van der Waals surface area contributed by atoms with Gasteiger partial charge in [-0.25, -0.2) is 0 Å². The Kier molecular flexibility index (Phi) is 7.67. The molecule has 0 aliphatic carbocycles. The molecule has 6 heterocycles. The number of likely N-dealkylation sites (tertiary alicyclic amines) is 2. The number of piperidine rings is 2. The number of aromatic nitrogens is 2. The number of fused-ring (bicyclic) bond motifs is 8. The molecule has 4 atom stereocenters. The molecule has 2 aromatic rings. The first kappa shape index (κ1) is 26.4. The summed E-state index contributed by atoms with van der Waals surface area (Å²) in [7, 11) is 0. The molecular weight excluding hydrogens is 492 g/mol. The Labute approximate surface area is 229 Å². The summed E-state index contributed by atoms with van der Waals surface area (Å²) in [6.07, 6.45) is 4.92. The maximum atomic E-state index is 12.6. The molecule has 4 bridgehead atoms. The quantitative estimate of drug-likeness (QED) is 0.468. The van der Waals surface area contributed by atoms with Gasteiger partial charge in [0.1, 0.15) is 11.6 Å². The molecule has 4 aliphatic rings. The molecule has 0 N–H and O–H groups in total. The molecule has 8 heteroatoms. The fourth-order valence-corrected chi connectivity index (χ4v) is 7.65. The highest BCUT2D eigenvalue weighted by atomic mass is 16.1. The Morgan fingerprint density at radius 2 is 1.08 bits per heavy atom. The third kappa shape index (κ3) is 5.87. The third-order valence-corrected chi connectivity index (χ3v) is 9.44. The van der Waals surface area contributed by atoms with E-state index < -0.39 is 0 Å². The van der Waals surface area contributed by atoms with Crippen LogP contribution in [0.4, 0.5) is 0 Å². The second-order valence-electron chi connectivity index (χ2n) is 12.3. The highest BCUT2D eigenvalue weighted by molar-refractivity contribution is 5.81. The lowest BCUT2D eigenvalue weighted by Crippen LogP contribution is -2.47. The van der Waals surface area contributed by atoms with E-state index in [-0.39, 0.29) is 22.7 Å². The average Bonchev–Trinajstić information content (AvgIpc) is 2.92. The maximum Gasteiger partial charge on any atom is 0.250 e. The fourth-order valence-electron chi connectivity index (χ4n) is 7.65. The van der Waals surface area contributed by atoms with E-state index in [1.165, 1.54) is 0 Å². The van der Waals surface area contributed by atoms with Crippen LogP contribution in [0.15, 0.2) is 46.0 Å². The monoisotopic (exact) mass is 532 g/mol. The van der Waals surface area contributed by atoms with Gasteiger partial charge in [0.15, 0.2) is 0 Å². The van der Waals surface area contributed by atoms with Crippen molar-refractivity contribution in [2.24, 2.45) is 11.8 Å². The summed E-state index contributed by atoms with van der Waals surface area (Å²) in [5.74, 6) is 2.18. The van der Waals surface area contributed by atoms with E-state index in [1.807, 2.05) is 21.3 Å². The van der Waals surface area contributed by atoms with E-state index in [9.17, 15) is 19.2 Å². The zero-order valence-electron chi connectivity index (χ0n) is 22.8. The summed E-state index contributed by atoms with van der Waals surface area (Å²) in [5, 5.41) is 0. The summed E-state index contributed by atoms with van der Waals surface area (Å²) >= 11 is 0. The van der Waals surface area contributed by atoms with Crippen molar-refractivity contribution in [2.75, 3.05) is 39.3 Å². The lowest BCUT2D eigenvalue weighted by atomic mass is 9.83. The van der Waals surface area contributed by atoms with E-state index in [0.29, 0.717) is 55.8 Å². The van der Waals surface area contributed by atoms with Crippen LogP contribution in [-0.2, 0) is 22.7 Å². The summed E-state index contributed by atoms with van der Waals surface area (Å²) < 4.78 is 3.88. The van der Waals surface area contributed by atoms with Gasteiger partial charge in [-0.15, -0.1) is 0 Å². The molecule has 2 aromatic heterocycles. The van der Waals surface area contributed by atoms with Crippen molar-refractivity contribution < 1.29 is 9.59 Å². The van der Waals surface area contributed by atoms with Crippen LogP contribution in [0, 0.1) is 11.8 Å². The minimum absolute atomic E-state index is 0.0997. The van der Waals surface area contributed by atoms with Crippen molar-refractivity contribution in [1.29, 1.82) is 0 Å². The summed E-state index contributed by atoms with van der Waals surface area (Å²) in [4.78, 5) is 54.4. The van der Waals surface area contributed by atoms with E-state index in [4.69, 9.17) is 0 Å². The first-order chi connectivity index (χ1) is 18.9. The van der Waals surface area contributed by atoms with Crippen molar-refractivity contribution in [1.82, 2.24) is 18.9 Å². The topological polar surface area (TPSA) is 84.6 Å². The number of carbonyl (C=O) groups is 2. The van der Waals surface area contributed by atoms with Gasteiger partial charge < -0.3 is 18.9 Å². The van der Waals surface area contributed by atoms with Gasteiger partial charge in [0, 0.05) is 113 Å². The van der Waals surface area contributed by atoms with Gasteiger partial charge >= 0.3 is 0 Å². The molecule has 0 aromatic carbocycles. The molecule has 2 fully saturated rings. The first-order valence-electron chi connectivity index (χ1n) is 14.8. The van der Waals surface area contributed by atoms with Crippen LogP contribution in [0.1, 0.15) is 68.2 Å². The molecule has 4 aliphatic heterocycles. The lowest BCUT2D eigenvalue weighted by Gasteiger charge is -2.42. The maximum absolute atomic E-state index is 12.6. The zero-order valence-corrected chi connectivity index (χ0v) is 22.8. The van der Waals surface area contributed by atoms with Crippen molar-refractivity contribution in [2.45, 2.75) is 69.9 Å². The Bertz CT molecular complexity index is 1250. The number of hydrogen-bond acceptors (Lipinski definition) is 6. The van der Waals surface area contributed by atoms with Crippen molar-refractivity contribution in [3.05, 3.63) is 68.5 Å². The smallest absolute Gasteiger partial charge is 0.250 e. The fraction of sp³-hybridized carbons (Fsp3) is 0.613. The molecule has 0 amide bonds. The molecule has 0 spiro atoms. The number of ketones is 2. The first-order valence-corrected chi connectivity index (χ1v) is 14.8. The average molecular weight is 533 g/mol. The predicted octanol–water partition coefficient (Wildman–Crippen LogP) is 2.64. The molecule has 6 rings (SSSR count). The SMILES string of the molecule is O=C(CCCC(=O)CCN1CC2CC(C1)c1cccc(=O)n1C2)CCN1CC2CC(C1)c1cccc(=O)n1C2. The molecule has 208 valence electrons. The van der Waals surface area contributed by atoms with E-state index in [0.717, 1.165) is 76.6 Å². The van der Waals surface area contributed by atoms with E-state index in [1.54, 1.807) is 12.1 Å². The number of carbonyl (C=O) groups excluding carboxylic acids is 2. The van der Waals surface area contributed by atoms with Crippen LogP contribution in [0.2, 0.25) is 0 Å². The number of Topliss-reactive ketones (excluding diaryl/α,β-unsaturated/α-hetero) is 2. The van der Waals surface area contributed by atoms with Gasteiger partial charge in [-0.1, -0.05) is 12.1 Å². The minimum atomic E-state index is 0.0997. The Hall–Kier alpha value is -2.84. The van der Waals surface area contributed by atoms with Crippen LogP contribution in [0.5, 0.6) is 0 Å². The number of rotatable bonds is 10. The third-order valence-electron chi connectivity index (χ3n) is 9.44. The number of pyridine rings is 2. The van der Waals surface area contributed by atoms with Crippen LogP contribution < -0.4 is 11.1 Å². The van der Waals surface area contributed by atoms with E-state index in [2.05, 4.69) is 21.9 Å². The standard InChI is InChI=1S/C31H40N4O4/c36-26(10-12-32-16-22-14-24(20-32)28-6-2-8-30(38)34(28)18-22)4-1-5-27(37)11-13-33-17-23-15-25(21-33)29-7-3-9-31(39)35(29)19-23/h2-3,6-9,22-25H,1,4-5,10-21H2. The van der Waals surface area contributed by atoms with Crippen molar-refractivity contribution in [3.8, 4) is 0 Å². The number of nitrogens with zero attached hydrogens (tertiary/aromatic N) is 4. The Morgan fingerprint density at radius 1 is 0.615 bits per heavy atom.